The summed E-state index contributed by atoms with van der Waals surface area (Å²) in [5, 5.41) is 16.4. The van der Waals surface area contributed by atoms with Crippen LogP contribution < -0.4 is 0 Å². The predicted octanol–water partition coefficient (Wildman–Crippen LogP) is 0.101. The molecule has 0 bridgehead atoms. The fourth-order valence-corrected chi connectivity index (χ4v) is 0.657. The Kier molecular flexibility index (Phi) is 4.89. The van der Waals surface area contributed by atoms with E-state index < -0.39 is 5.91 Å². The largest absolute Gasteiger partial charge is 0.315 e. The number of hydrogen-bond donors (Lipinski definition) is 0. The molecule has 0 aromatic rings. The van der Waals surface area contributed by atoms with Gasteiger partial charge in [0.15, 0.2) is 0 Å². The molecule has 0 N–H and O–H groups in total. The molecular weight excluding hydrogens is 166 g/mol. The smallest absolute Gasteiger partial charge is 0.239 e. The van der Waals surface area contributed by atoms with Crippen molar-refractivity contribution in [2.24, 2.45) is 0 Å². The predicted molar refractivity (Wildman–Crippen MR) is 38.5 cm³/mol. The number of carbonyl (C=O) groups excluding carboxylic acids is 1. The van der Waals surface area contributed by atoms with E-state index in [9.17, 15) is 4.79 Å². The molecule has 0 aliphatic heterocycles. The van der Waals surface area contributed by atoms with Crippen molar-refractivity contribution in [2.75, 3.05) is 19.0 Å². The number of amides is 1. The summed E-state index contributed by atoms with van der Waals surface area (Å²) in [5.74, 6) is -0.585. The van der Waals surface area contributed by atoms with Gasteiger partial charge in [0, 0.05) is 0 Å². The summed E-state index contributed by atoms with van der Waals surface area (Å²) >= 11 is 5.21. The molecule has 0 aliphatic carbocycles. The maximum atomic E-state index is 10.8. The van der Waals surface area contributed by atoms with E-state index in [-0.39, 0.29) is 19.0 Å². The van der Waals surface area contributed by atoms with Gasteiger partial charge in [-0.2, -0.15) is 10.5 Å². The van der Waals surface area contributed by atoms with E-state index in [1.807, 2.05) is 0 Å². The van der Waals surface area contributed by atoms with E-state index in [1.54, 1.807) is 12.1 Å². The topological polar surface area (TPSA) is 67.9 Å². The number of nitriles is 2. The minimum atomic E-state index is -0.394. The quantitative estimate of drug-likeness (QED) is 0.447. The molecule has 1 amide bonds. The van der Waals surface area contributed by atoms with Crippen LogP contribution in [0.4, 0.5) is 0 Å². The van der Waals surface area contributed by atoms with Crippen LogP contribution in [-0.2, 0) is 4.79 Å². The maximum Gasteiger partial charge on any atom is 0.239 e. The lowest BCUT2D eigenvalue weighted by Crippen LogP contribution is -2.32. The molecule has 0 radical (unpaired) electrons. The van der Waals surface area contributed by atoms with Crippen molar-refractivity contribution >= 4 is 17.5 Å². The van der Waals surface area contributed by atoms with Gasteiger partial charge in [-0.25, -0.2) is 0 Å². The van der Waals surface area contributed by atoms with E-state index >= 15 is 0 Å². The molecule has 0 atom stereocenters. The first-order chi connectivity index (χ1) is 5.26. The average Bonchev–Trinajstić information content (AvgIpc) is 2.03. The minimum absolute atomic E-state index is 0.0842. The Labute approximate surface area is 69.6 Å². The summed E-state index contributed by atoms with van der Waals surface area (Å²) in [6, 6.07) is 3.53. The fourth-order valence-electron chi connectivity index (χ4n) is 0.487. The van der Waals surface area contributed by atoms with Crippen molar-refractivity contribution in [3.8, 4) is 12.1 Å². The Morgan fingerprint density at radius 3 is 2.09 bits per heavy atom. The lowest BCUT2D eigenvalue weighted by Gasteiger charge is -2.12. The summed E-state index contributed by atoms with van der Waals surface area (Å²) in [4.78, 5) is 11.9. The third-order valence-corrected chi connectivity index (χ3v) is 1.22. The van der Waals surface area contributed by atoms with Crippen LogP contribution in [0.5, 0.6) is 0 Å². The van der Waals surface area contributed by atoms with Crippen LogP contribution in [0, 0.1) is 22.7 Å². The molecule has 0 aromatic carbocycles. The molecule has 0 aliphatic rings. The van der Waals surface area contributed by atoms with Crippen LogP contribution in [0.2, 0.25) is 0 Å². The zero-order chi connectivity index (χ0) is 8.69. The first-order valence-electron chi connectivity index (χ1n) is 2.84. The Balaban J connectivity index is 4.02. The lowest BCUT2D eigenvalue weighted by atomic mass is 10.5. The van der Waals surface area contributed by atoms with E-state index in [4.69, 9.17) is 22.1 Å². The van der Waals surface area contributed by atoms with Gasteiger partial charge in [-0.05, 0) is 0 Å². The van der Waals surface area contributed by atoms with Crippen molar-refractivity contribution in [1.82, 2.24) is 4.90 Å². The van der Waals surface area contributed by atoms with Crippen LogP contribution in [-0.4, -0.2) is 29.8 Å². The second kappa shape index (κ2) is 5.52. The molecule has 0 saturated carbocycles. The molecule has 0 unspecified atom stereocenters. The highest BCUT2D eigenvalue weighted by Gasteiger charge is 2.09. The van der Waals surface area contributed by atoms with Crippen molar-refractivity contribution in [3.63, 3.8) is 0 Å². The van der Waals surface area contributed by atoms with E-state index in [0.29, 0.717) is 0 Å². The molecule has 0 aromatic heterocycles. The molecule has 11 heavy (non-hydrogen) atoms. The molecule has 0 spiro atoms. The van der Waals surface area contributed by atoms with E-state index in [0.717, 1.165) is 4.90 Å². The second-order valence-corrected chi connectivity index (χ2v) is 1.97. The summed E-state index contributed by atoms with van der Waals surface area (Å²) in [6.45, 7) is -0.168. The second-order valence-electron chi connectivity index (χ2n) is 1.70. The molecule has 0 rings (SSSR count). The molecule has 58 valence electrons. The summed E-state index contributed by atoms with van der Waals surface area (Å²) in [5.41, 5.74) is 0. The van der Waals surface area contributed by atoms with Crippen molar-refractivity contribution in [2.45, 2.75) is 0 Å². The standard InChI is InChI=1S/C6H6ClN3O/c7-5-6(11)10(3-1-8)4-2-9/h3-5H2. The SMILES string of the molecule is N#CCN(CC#N)C(=O)CCl. The van der Waals surface area contributed by atoms with Crippen LogP contribution in [0.3, 0.4) is 0 Å². The van der Waals surface area contributed by atoms with Gasteiger partial charge in [-0.1, -0.05) is 0 Å². The molecule has 0 saturated heterocycles. The van der Waals surface area contributed by atoms with Crippen LogP contribution in [0.1, 0.15) is 0 Å². The number of rotatable bonds is 3. The Morgan fingerprint density at radius 2 is 1.82 bits per heavy atom. The Hall–Kier alpha value is -1.26. The number of halogens is 1. The van der Waals surface area contributed by atoms with E-state index in [2.05, 4.69) is 0 Å². The van der Waals surface area contributed by atoms with E-state index in [1.165, 1.54) is 0 Å². The number of carbonyl (C=O) groups is 1. The van der Waals surface area contributed by atoms with Gasteiger partial charge in [0.2, 0.25) is 5.91 Å². The number of hydrogen-bond acceptors (Lipinski definition) is 3. The Bertz CT molecular complexity index is 199. The van der Waals surface area contributed by atoms with Gasteiger partial charge >= 0.3 is 0 Å². The third kappa shape index (κ3) is 3.44. The van der Waals surface area contributed by atoms with Gasteiger partial charge < -0.3 is 4.90 Å². The zero-order valence-electron chi connectivity index (χ0n) is 5.75. The summed E-state index contributed by atoms with van der Waals surface area (Å²) in [6.07, 6.45) is 0. The number of nitrogens with zero attached hydrogens (tertiary/aromatic N) is 3. The fraction of sp³-hybridized carbons (Fsp3) is 0.500. The molecule has 0 fully saturated rings. The van der Waals surface area contributed by atoms with Gasteiger partial charge in [0.25, 0.3) is 0 Å². The first-order valence-corrected chi connectivity index (χ1v) is 3.37. The van der Waals surface area contributed by atoms with Crippen molar-refractivity contribution in [3.05, 3.63) is 0 Å². The Morgan fingerprint density at radius 1 is 1.36 bits per heavy atom. The van der Waals surface area contributed by atoms with Crippen LogP contribution in [0.25, 0.3) is 0 Å². The highest BCUT2D eigenvalue weighted by atomic mass is 35.5. The normalized spacial score (nSPS) is 7.91. The molecule has 0 heterocycles. The lowest BCUT2D eigenvalue weighted by molar-refractivity contribution is -0.127. The minimum Gasteiger partial charge on any atom is -0.315 e. The van der Waals surface area contributed by atoms with Crippen LogP contribution in [0.15, 0.2) is 0 Å². The maximum absolute atomic E-state index is 10.8. The summed E-state index contributed by atoms with van der Waals surface area (Å²) < 4.78 is 0. The zero-order valence-corrected chi connectivity index (χ0v) is 6.51. The third-order valence-electron chi connectivity index (χ3n) is 0.990. The van der Waals surface area contributed by atoms with Crippen LogP contribution >= 0.6 is 11.6 Å². The van der Waals surface area contributed by atoms with Gasteiger partial charge in [0.05, 0.1) is 12.1 Å². The highest BCUT2D eigenvalue weighted by molar-refractivity contribution is 6.27. The molecular formula is C6H6ClN3O. The van der Waals surface area contributed by atoms with Crippen molar-refractivity contribution in [1.29, 1.82) is 10.5 Å². The molecule has 4 nitrogen and oxygen atoms in total. The average molecular weight is 172 g/mol. The van der Waals surface area contributed by atoms with Gasteiger partial charge in [-0.15, -0.1) is 11.6 Å². The molecule has 5 heteroatoms. The summed E-state index contributed by atoms with van der Waals surface area (Å²) in [7, 11) is 0. The monoisotopic (exact) mass is 171 g/mol. The first kappa shape index (κ1) is 9.74. The number of alkyl halides is 1. The van der Waals surface area contributed by atoms with Gasteiger partial charge in [-0.3, -0.25) is 4.79 Å². The highest BCUT2D eigenvalue weighted by Crippen LogP contribution is 1.90. The van der Waals surface area contributed by atoms with Crippen molar-refractivity contribution < 1.29 is 4.79 Å². The van der Waals surface area contributed by atoms with Gasteiger partial charge in [0.1, 0.15) is 19.0 Å².